The Kier molecular flexibility index (Phi) is 6.78. The van der Waals surface area contributed by atoms with Crippen LogP contribution in [0.3, 0.4) is 0 Å². The lowest BCUT2D eigenvalue weighted by molar-refractivity contribution is 1.07. The third kappa shape index (κ3) is 4.88. The molecule has 2 heterocycles. The fraction of sp³-hybridized carbons (Fsp3) is 0. The van der Waals surface area contributed by atoms with Crippen molar-refractivity contribution in [3.63, 3.8) is 0 Å². The Bertz CT molecular complexity index is 2860. The van der Waals surface area contributed by atoms with Gasteiger partial charge in [0.2, 0.25) is 0 Å². The highest BCUT2D eigenvalue weighted by Gasteiger charge is 2.21. The second kappa shape index (κ2) is 11.9. The van der Waals surface area contributed by atoms with Gasteiger partial charge in [-0.2, -0.15) is 0 Å². The molecule has 0 amide bonds. The lowest BCUT2D eigenvalue weighted by Gasteiger charge is -2.17. The molecule has 0 N–H and O–H groups in total. The molecule has 8 aromatic carbocycles. The van der Waals surface area contributed by atoms with E-state index < -0.39 is 0 Å². The molecule has 0 aliphatic heterocycles. The zero-order valence-electron chi connectivity index (χ0n) is 27.6. The van der Waals surface area contributed by atoms with Crippen molar-refractivity contribution in [3.8, 4) is 51.0 Å². The standard InChI is InChI=1S/C47H30N4/c1-3-15-31(16-4-1)33-27-28-40(44(30-33)51-42-25-13-11-23-38(42)39-24-12-14-26-43(39)51)46-48-45(32-17-5-2-6-18-32)49-47(50-46)41-29-34-19-7-8-20-35(34)36-21-9-10-22-37(36)41/h1-30H. The molecule has 0 unspecified atom stereocenters. The van der Waals surface area contributed by atoms with E-state index in [1.54, 1.807) is 0 Å². The van der Waals surface area contributed by atoms with Crippen LogP contribution >= 0.6 is 0 Å². The summed E-state index contributed by atoms with van der Waals surface area (Å²) in [5.74, 6) is 1.89. The first-order chi connectivity index (χ1) is 25.3. The Balaban J connectivity index is 1.30. The van der Waals surface area contributed by atoms with Crippen molar-refractivity contribution in [2.75, 3.05) is 0 Å². The molecule has 4 heteroatoms. The molecular weight excluding hydrogens is 621 g/mol. The predicted molar refractivity (Wildman–Crippen MR) is 211 cm³/mol. The number of hydrogen-bond donors (Lipinski definition) is 0. The van der Waals surface area contributed by atoms with Crippen molar-refractivity contribution >= 4 is 43.4 Å². The quantitative estimate of drug-likeness (QED) is 0.174. The number of hydrogen-bond acceptors (Lipinski definition) is 3. The Hall–Kier alpha value is -6.91. The predicted octanol–water partition coefficient (Wildman–Crippen LogP) is 11.9. The van der Waals surface area contributed by atoms with Gasteiger partial charge in [-0.15, -0.1) is 0 Å². The van der Waals surface area contributed by atoms with Gasteiger partial charge in [-0.05, 0) is 63.0 Å². The van der Waals surface area contributed by atoms with E-state index in [0.29, 0.717) is 17.5 Å². The number of aromatic nitrogens is 4. The van der Waals surface area contributed by atoms with Crippen molar-refractivity contribution in [2.24, 2.45) is 0 Å². The van der Waals surface area contributed by atoms with Gasteiger partial charge in [0.25, 0.3) is 0 Å². The molecule has 0 aliphatic carbocycles. The summed E-state index contributed by atoms with van der Waals surface area (Å²) in [6.07, 6.45) is 0. The number of rotatable bonds is 5. The van der Waals surface area contributed by atoms with Gasteiger partial charge in [0.05, 0.1) is 16.7 Å². The molecule has 0 aliphatic rings. The molecule has 0 fully saturated rings. The first kappa shape index (κ1) is 29.0. The van der Waals surface area contributed by atoms with Gasteiger partial charge in [-0.3, -0.25) is 0 Å². The highest BCUT2D eigenvalue weighted by Crippen LogP contribution is 2.39. The monoisotopic (exact) mass is 650 g/mol. The molecule has 0 atom stereocenters. The highest BCUT2D eigenvalue weighted by molar-refractivity contribution is 6.13. The Morgan fingerprint density at radius 3 is 1.51 bits per heavy atom. The van der Waals surface area contributed by atoms with Crippen LogP contribution in [0.1, 0.15) is 0 Å². The molecule has 51 heavy (non-hydrogen) atoms. The van der Waals surface area contributed by atoms with Crippen molar-refractivity contribution in [3.05, 3.63) is 182 Å². The molecule has 0 radical (unpaired) electrons. The number of nitrogens with zero attached hydrogens (tertiary/aromatic N) is 4. The van der Waals surface area contributed by atoms with Crippen LogP contribution in [0, 0.1) is 0 Å². The average Bonchev–Trinajstić information content (AvgIpc) is 3.55. The van der Waals surface area contributed by atoms with Crippen LogP contribution in [0.2, 0.25) is 0 Å². The minimum Gasteiger partial charge on any atom is -0.308 e. The van der Waals surface area contributed by atoms with Crippen LogP contribution in [0.15, 0.2) is 182 Å². The van der Waals surface area contributed by atoms with E-state index in [1.807, 2.05) is 18.2 Å². The summed E-state index contributed by atoms with van der Waals surface area (Å²) >= 11 is 0. The summed E-state index contributed by atoms with van der Waals surface area (Å²) < 4.78 is 2.36. The summed E-state index contributed by atoms with van der Waals surface area (Å²) in [4.78, 5) is 15.8. The van der Waals surface area contributed by atoms with Gasteiger partial charge in [0.1, 0.15) is 0 Å². The summed E-state index contributed by atoms with van der Waals surface area (Å²) in [6, 6.07) is 63.9. The summed E-state index contributed by atoms with van der Waals surface area (Å²) in [5, 5.41) is 7.04. The largest absolute Gasteiger partial charge is 0.308 e. The second-order valence-corrected chi connectivity index (χ2v) is 12.8. The molecule has 0 saturated heterocycles. The summed E-state index contributed by atoms with van der Waals surface area (Å²) in [5.41, 5.74) is 8.37. The van der Waals surface area contributed by atoms with E-state index in [1.165, 1.54) is 21.5 Å². The fourth-order valence-electron chi connectivity index (χ4n) is 7.47. The van der Waals surface area contributed by atoms with E-state index in [0.717, 1.165) is 55.3 Å². The van der Waals surface area contributed by atoms with Crippen LogP contribution in [-0.2, 0) is 0 Å². The van der Waals surface area contributed by atoms with Gasteiger partial charge < -0.3 is 4.57 Å². The smallest absolute Gasteiger partial charge is 0.166 e. The minimum atomic E-state index is 0.618. The number of benzene rings is 8. The zero-order chi connectivity index (χ0) is 33.7. The minimum absolute atomic E-state index is 0.618. The molecule has 238 valence electrons. The lowest BCUT2D eigenvalue weighted by Crippen LogP contribution is -2.04. The molecule has 4 nitrogen and oxygen atoms in total. The third-order valence-corrected chi connectivity index (χ3v) is 9.84. The van der Waals surface area contributed by atoms with Gasteiger partial charge in [0, 0.05) is 27.5 Å². The Labute approximate surface area is 295 Å². The maximum atomic E-state index is 5.35. The second-order valence-electron chi connectivity index (χ2n) is 12.8. The molecule has 2 aromatic heterocycles. The van der Waals surface area contributed by atoms with Gasteiger partial charge in [-0.1, -0.05) is 152 Å². The van der Waals surface area contributed by atoms with E-state index in [2.05, 4.69) is 168 Å². The van der Waals surface area contributed by atoms with Crippen molar-refractivity contribution in [2.45, 2.75) is 0 Å². The molecule has 10 rings (SSSR count). The summed E-state index contributed by atoms with van der Waals surface area (Å²) in [6.45, 7) is 0. The zero-order valence-corrected chi connectivity index (χ0v) is 27.6. The molecule has 10 aromatic rings. The van der Waals surface area contributed by atoms with Crippen LogP contribution < -0.4 is 0 Å². The summed E-state index contributed by atoms with van der Waals surface area (Å²) in [7, 11) is 0. The molecular formula is C47H30N4. The maximum Gasteiger partial charge on any atom is 0.166 e. The van der Waals surface area contributed by atoms with Gasteiger partial charge in [0.15, 0.2) is 17.5 Å². The Morgan fingerprint density at radius 2 is 0.824 bits per heavy atom. The van der Waals surface area contributed by atoms with E-state index in [4.69, 9.17) is 15.0 Å². The Morgan fingerprint density at radius 1 is 0.314 bits per heavy atom. The van der Waals surface area contributed by atoms with Crippen LogP contribution in [0.25, 0.3) is 94.3 Å². The molecule has 0 saturated carbocycles. The van der Waals surface area contributed by atoms with Crippen molar-refractivity contribution in [1.82, 2.24) is 19.5 Å². The van der Waals surface area contributed by atoms with Gasteiger partial charge in [-0.25, -0.2) is 15.0 Å². The third-order valence-electron chi connectivity index (χ3n) is 9.84. The van der Waals surface area contributed by atoms with Crippen molar-refractivity contribution in [1.29, 1.82) is 0 Å². The first-order valence-electron chi connectivity index (χ1n) is 17.2. The van der Waals surface area contributed by atoms with E-state index in [-0.39, 0.29) is 0 Å². The van der Waals surface area contributed by atoms with Crippen LogP contribution in [-0.4, -0.2) is 19.5 Å². The molecule has 0 bridgehead atoms. The lowest BCUT2D eigenvalue weighted by atomic mass is 9.96. The SMILES string of the molecule is c1ccc(-c2ccc(-c3nc(-c4ccccc4)nc(-c4cc5ccccc5c5ccccc45)n3)c(-n3c4ccccc4c4ccccc43)c2)cc1. The van der Waals surface area contributed by atoms with Gasteiger partial charge >= 0.3 is 0 Å². The topological polar surface area (TPSA) is 43.6 Å². The number of para-hydroxylation sites is 2. The van der Waals surface area contributed by atoms with Crippen LogP contribution in [0.5, 0.6) is 0 Å². The first-order valence-corrected chi connectivity index (χ1v) is 17.2. The highest BCUT2D eigenvalue weighted by atomic mass is 15.1. The van der Waals surface area contributed by atoms with Crippen LogP contribution in [0.4, 0.5) is 0 Å². The number of fused-ring (bicyclic) bond motifs is 6. The average molecular weight is 651 g/mol. The van der Waals surface area contributed by atoms with E-state index >= 15 is 0 Å². The van der Waals surface area contributed by atoms with E-state index in [9.17, 15) is 0 Å². The normalized spacial score (nSPS) is 11.5. The van der Waals surface area contributed by atoms with Crippen molar-refractivity contribution < 1.29 is 0 Å². The maximum absolute atomic E-state index is 5.35. The molecule has 0 spiro atoms. The fourth-order valence-corrected chi connectivity index (χ4v) is 7.47.